The number of aryl methyl sites for hydroxylation is 1. The second-order valence-corrected chi connectivity index (χ2v) is 5.51. The average molecular weight is 310 g/mol. The summed E-state index contributed by atoms with van der Waals surface area (Å²) in [7, 11) is 0. The molecule has 0 bridgehead atoms. The van der Waals surface area contributed by atoms with Gasteiger partial charge in [-0.15, -0.1) is 0 Å². The molecule has 0 amide bonds. The summed E-state index contributed by atoms with van der Waals surface area (Å²) >= 11 is 6.02. The van der Waals surface area contributed by atoms with E-state index >= 15 is 0 Å². The summed E-state index contributed by atoms with van der Waals surface area (Å²) in [6, 6.07) is 5.53. The lowest BCUT2D eigenvalue weighted by molar-refractivity contribution is 0.240. The zero-order valence-electron chi connectivity index (χ0n) is 12.3. The summed E-state index contributed by atoms with van der Waals surface area (Å²) in [5.41, 5.74) is 6.83. The summed E-state index contributed by atoms with van der Waals surface area (Å²) in [6.45, 7) is 4.25. The van der Waals surface area contributed by atoms with Crippen molar-refractivity contribution in [2.45, 2.75) is 45.8 Å². The van der Waals surface area contributed by atoms with Gasteiger partial charge in [-0.05, 0) is 43.5 Å². The Labute approximate surface area is 129 Å². The van der Waals surface area contributed by atoms with Crippen molar-refractivity contribution in [1.29, 1.82) is 0 Å². The Balaban J connectivity index is 2.04. The molecular weight excluding hydrogens is 290 g/mol. The molecule has 1 unspecified atom stereocenters. The van der Waals surface area contributed by atoms with Gasteiger partial charge in [-0.2, -0.15) is 4.98 Å². The van der Waals surface area contributed by atoms with Gasteiger partial charge in [-0.1, -0.05) is 23.7 Å². The zero-order chi connectivity index (χ0) is 15.2. The first kappa shape index (κ1) is 15.8. The number of halogens is 1. The van der Waals surface area contributed by atoms with Crippen LogP contribution in [-0.4, -0.2) is 16.2 Å². The lowest BCUT2D eigenvalue weighted by atomic mass is 10.1. The van der Waals surface area contributed by atoms with Gasteiger partial charge in [0.1, 0.15) is 5.75 Å². The normalized spacial score (nSPS) is 12.4. The summed E-state index contributed by atoms with van der Waals surface area (Å²) in [4.78, 5) is 4.27. The minimum absolute atomic E-state index is 0.0328. The Morgan fingerprint density at radius 3 is 2.95 bits per heavy atom. The fourth-order valence-corrected chi connectivity index (χ4v) is 2.20. The highest BCUT2D eigenvalue weighted by Crippen LogP contribution is 2.24. The highest BCUT2D eigenvalue weighted by atomic mass is 35.5. The SMILES string of the molecule is CCCc1noc(COc2ccc(Cl)cc2CC(C)N)n1. The third-order valence-corrected chi connectivity index (χ3v) is 3.13. The third kappa shape index (κ3) is 4.72. The molecule has 0 radical (unpaired) electrons. The van der Waals surface area contributed by atoms with E-state index in [1.54, 1.807) is 6.07 Å². The summed E-state index contributed by atoms with van der Waals surface area (Å²) in [6.07, 6.45) is 2.48. The van der Waals surface area contributed by atoms with E-state index in [0.29, 0.717) is 23.2 Å². The van der Waals surface area contributed by atoms with Crippen LogP contribution in [0, 0.1) is 0 Å². The minimum Gasteiger partial charge on any atom is -0.483 e. The Morgan fingerprint density at radius 2 is 2.24 bits per heavy atom. The first-order valence-corrected chi connectivity index (χ1v) is 7.44. The second kappa shape index (κ2) is 7.43. The number of benzene rings is 1. The number of ether oxygens (including phenoxy) is 1. The predicted octanol–water partition coefficient (Wildman–Crippen LogP) is 3.14. The third-order valence-electron chi connectivity index (χ3n) is 2.90. The van der Waals surface area contributed by atoms with Crippen molar-refractivity contribution in [2.75, 3.05) is 0 Å². The number of nitrogens with zero attached hydrogens (tertiary/aromatic N) is 2. The van der Waals surface area contributed by atoms with Crippen molar-refractivity contribution < 1.29 is 9.26 Å². The molecule has 1 atom stereocenters. The molecule has 2 aromatic rings. The second-order valence-electron chi connectivity index (χ2n) is 5.08. The van der Waals surface area contributed by atoms with Crippen LogP contribution in [0.4, 0.5) is 0 Å². The number of aromatic nitrogens is 2. The fraction of sp³-hybridized carbons (Fsp3) is 0.467. The van der Waals surface area contributed by atoms with Crippen molar-refractivity contribution in [1.82, 2.24) is 10.1 Å². The van der Waals surface area contributed by atoms with Crippen LogP contribution in [-0.2, 0) is 19.4 Å². The smallest absolute Gasteiger partial charge is 0.264 e. The van der Waals surface area contributed by atoms with Crippen LogP contribution >= 0.6 is 11.6 Å². The molecule has 21 heavy (non-hydrogen) atoms. The van der Waals surface area contributed by atoms with Crippen molar-refractivity contribution in [2.24, 2.45) is 5.73 Å². The molecule has 0 aliphatic carbocycles. The van der Waals surface area contributed by atoms with Crippen LogP contribution in [0.1, 0.15) is 37.5 Å². The molecule has 0 aliphatic heterocycles. The first-order valence-electron chi connectivity index (χ1n) is 7.06. The highest BCUT2D eigenvalue weighted by molar-refractivity contribution is 6.30. The molecule has 1 aromatic heterocycles. The van der Waals surface area contributed by atoms with E-state index in [9.17, 15) is 0 Å². The number of rotatable bonds is 7. The minimum atomic E-state index is 0.0328. The van der Waals surface area contributed by atoms with E-state index in [-0.39, 0.29) is 12.6 Å². The van der Waals surface area contributed by atoms with Crippen molar-refractivity contribution in [3.05, 3.63) is 40.5 Å². The molecular formula is C15H20ClN3O2. The molecule has 1 heterocycles. The average Bonchev–Trinajstić information content (AvgIpc) is 2.85. The summed E-state index contributed by atoms with van der Waals surface area (Å²) < 4.78 is 10.9. The van der Waals surface area contributed by atoms with Gasteiger partial charge < -0.3 is 15.0 Å². The summed E-state index contributed by atoms with van der Waals surface area (Å²) in [5, 5.41) is 4.56. The van der Waals surface area contributed by atoms with Crippen molar-refractivity contribution in [3.63, 3.8) is 0 Å². The van der Waals surface area contributed by atoms with Crippen LogP contribution in [0.5, 0.6) is 5.75 Å². The van der Waals surface area contributed by atoms with Crippen LogP contribution in [0.15, 0.2) is 22.7 Å². The van der Waals surface area contributed by atoms with Gasteiger partial charge in [0.2, 0.25) is 0 Å². The molecule has 2 N–H and O–H groups in total. The molecule has 114 valence electrons. The lowest BCUT2D eigenvalue weighted by Gasteiger charge is -2.12. The Hall–Kier alpha value is -1.59. The Kier molecular flexibility index (Phi) is 5.59. The molecule has 2 rings (SSSR count). The lowest BCUT2D eigenvalue weighted by Crippen LogP contribution is -2.18. The maximum absolute atomic E-state index is 6.02. The van der Waals surface area contributed by atoms with E-state index in [4.69, 9.17) is 26.6 Å². The Morgan fingerprint density at radius 1 is 1.43 bits per heavy atom. The van der Waals surface area contributed by atoms with Gasteiger partial charge in [0.05, 0.1) is 0 Å². The van der Waals surface area contributed by atoms with Gasteiger partial charge in [-0.25, -0.2) is 0 Å². The van der Waals surface area contributed by atoms with Crippen LogP contribution < -0.4 is 10.5 Å². The molecule has 5 nitrogen and oxygen atoms in total. The Bertz CT molecular complexity index is 584. The van der Waals surface area contributed by atoms with Crippen LogP contribution in [0.2, 0.25) is 5.02 Å². The largest absolute Gasteiger partial charge is 0.483 e. The molecule has 1 aromatic carbocycles. The van der Waals surface area contributed by atoms with Crippen LogP contribution in [0.25, 0.3) is 0 Å². The van der Waals surface area contributed by atoms with E-state index < -0.39 is 0 Å². The van der Waals surface area contributed by atoms with Gasteiger partial charge >= 0.3 is 0 Å². The number of hydrogen-bond donors (Lipinski definition) is 1. The number of hydrogen-bond acceptors (Lipinski definition) is 5. The molecule has 0 fully saturated rings. The molecule has 0 saturated carbocycles. The zero-order valence-corrected chi connectivity index (χ0v) is 13.1. The van der Waals surface area contributed by atoms with Gasteiger partial charge in [0.25, 0.3) is 5.89 Å². The van der Waals surface area contributed by atoms with Gasteiger partial charge in [0, 0.05) is 17.5 Å². The standard InChI is InChI=1S/C15H20ClN3O2/c1-3-4-14-18-15(21-19-14)9-20-13-6-5-12(16)8-11(13)7-10(2)17/h5-6,8,10H,3-4,7,9,17H2,1-2H3. The van der Waals surface area contributed by atoms with E-state index in [0.717, 1.165) is 24.2 Å². The fourth-order valence-electron chi connectivity index (χ4n) is 2.01. The van der Waals surface area contributed by atoms with Gasteiger partial charge in [0.15, 0.2) is 12.4 Å². The van der Waals surface area contributed by atoms with Crippen LogP contribution in [0.3, 0.4) is 0 Å². The van der Waals surface area contributed by atoms with Crippen molar-refractivity contribution in [3.8, 4) is 5.75 Å². The maximum Gasteiger partial charge on any atom is 0.264 e. The van der Waals surface area contributed by atoms with E-state index in [1.165, 1.54) is 0 Å². The monoisotopic (exact) mass is 309 g/mol. The molecule has 0 aliphatic rings. The molecule has 0 saturated heterocycles. The van der Waals surface area contributed by atoms with E-state index in [1.807, 2.05) is 19.1 Å². The maximum atomic E-state index is 6.02. The summed E-state index contributed by atoms with van der Waals surface area (Å²) in [5.74, 6) is 1.93. The van der Waals surface area contributed by atoms with Gasteiger partial charge in [-0.3, -0.25) is 0 Å². The molecule has 0 spiro atoms. The topological polar surface area (TPSA) is 74.2 Å². The molecule has 6 heteroatoms. The number of nitrogens with two attached hydrogens (primary N) is 1. The highest BCUT2D eigenvalue weighted by Gasteiger charge is 2.10. The quantitative estimate of drug-likeness (QED) is 0.850. The first-order chi connectivity index (χ1) is 10.1. The van der Waals surface area contributed by atoms with Crippen molar-refractivity contribution >= 4 is 11.6 Å². The predicted molar refractivity (Wildman–Crippen MR) is 81.4 cm³/mol. The van der Waals surface area contributed by atoms with E-state index in [2.05, 4.69) is 17.1 Å².